The van der Waals surface area contributed by atoms with Crippen LogP contribution >= 0.6 is 0 Å². The van der Waals surface area contributed by atoms with Crippen molar-refractivity contribution in [3.05, 3.63) is 169 Å². The molecule has 0 atom stereocenters. The summed E-state index contributed by atoms with van der Waals surface area (Å²) in [5.74, 6) is 0.695. The minimum Gasteiger partial charge on any atom is -0.313 e. The van der Waals surface area contributed by atoms with Crippen molar-refractivity contribution in [3.8, 4) is 33.9 Å². The average Bonchev–Trinajstić information content (AvgIpc) is 4.03. The van der Waals surface area contributed by atoms with E-state index in [0.717, 1.165) is 39.5 Å². The zero-order valence-electron chi connectivity index (χ0n) is 32.4. The third kappa shape index (κ3) is 4.45. The molecular formula is C50H36N8. The Bertz CT molecular complexity index is 3340. The van der Waals surface area contributed by atoms with E-state index >= 15 is 0 Å². The molecule has 0 saturated carbocycles. The van der Waals surface area contributed by atoms with Crippen molar-refractivity contribution in [1.29, 1.82) is 0 Å². The second kappa shape index (κ2) is 12.0. The number of fused-ring (bicyclic) bond motifs is 13. The monoisotopic (exact) mass is 748 g/mol. The first-order valence-electron chi connectivity index (χ1n) is 19.6. The highest BCUT2D eigenvalue weighted by Gasteiger charge is 2.26. The molecule has 0 spiro atoms. The van der Waals surface area contributed by atoms with Gasteiger partial charge in [0.25, 0.3) is 0 Å². The van der Waals surface area contributed by atoms with E-state index in [1.807, 2.05) is 33.5 Å². The molecule has 0 bridgehead atoms. The van der Waals surface area contributed by atoms with Gasteiger partial charge in [-0.25, -0.2) is 15.0 Å². The summed E-state index contributed by atoms with van der Waals surface area (Å²) >= 11 is 0. The molecule has 6 aromatic heterocycles. The van der Waals surface area contributed by atoms with E-state index < -0.39 is 0 Å². The Morgan fingerprint density at radius 3 is 1.52 bits per heavy atom. The molecule has 6 aromatic carbocycles. The number of benzene rings is 6. The smallest absolute Gasteiger partial charge is 0.234 e. The van der Waals surface area contributed by atoms with Crippen LogP contribution in [-0.2, 0) is 0 Å². The van der Waals surface area contributed by atoms with Gasteiger partial charge in [-0.1, -0.05) is 72.8 Å². The van der Waals surface area contributed by atoms with E-state index in [-0.39, 0.29) is 0 Å². The van der Waals surface area contributed by atoms with Crippen LogP contribution in [0.1, 0.15) is 22.5 Å². The summed E-state index contributed by atoms with van der Waals surface area (Å²) in [4.78, 5) is 18.3. The maximum absolute atomic E-state index is 4.83. The Hall–Kier alpha value is -7.58. The van der Waals surface area contributed by atoms with Gasteiger partial charge in [-0.3, -0.25) is 9.38 Å². The molecular weight excluding hydrogens is 713 g/mol. The minimum absolute atomic E-state index is 0.695. The molecule has 0 amide bonds. The number of hydrogen-bond acceptors (Lipinski definition) is 4. The zero-order chi connectivity index (χ0) is 38.8. The highest BCUT2D eigenvalue weighted by molar-refractivity contribution is 6.40. The van der Waals surface area contributed by atoms with Crippen LogP contribution in [0.3, 0.4) is 0 Å². The van der Waals surface area contributed by atoms with E-state index in [0.29, 0.717) is 5.78 Å². The van der Waals surface area contributed by atoms with E-state index in [4.69, 9.17) is 9.97 Å². The van der Waals surface area contributed by atoms with Gasteiger partial charge < -0.3 is 13.5 Å². The van der Waals surface area contributed by atoms with Crippen LogP contribution in [0.4, 0.5) is 0 Å². The van der Waals surface area contributed by atoms with Crippen molar-refractivity contribution < 1.29 is 0 Å². The van der Waals surface area contributed by atoms with E-state index in [9.17, 15) is 0 Å². The van der Waals surface area contributed by atoms with E-state index in [1.54, 1.807) is 18.6 Å². The predicted molar refractivity (Wildman–Crippen MR) is 236 cm³/mol. The number of rotatable bonds is 4. The number of nitrogens with zero attached hydrogens (tertiary/aromatic N) is 8. The second-order valence-corrected chi connectivity index (χ2v) is 15.4. The summed E-state index contributed by atoms with van der Waals surface area (Å²) in [6.45, 7) is 9.11. The van der Waals surface area contributed by atoms with E-state index in [2.05, 4.69) is 150 Å². The van der Waals surface area contributed by atoms with Crippen molar-refractivity contribution in [1.82, 2.24) is 37.9 Å². The van der Waals surface area contributed by atoms with Crippen LogP contribution in [0.2, 0.25) is 0 Å². The summed E-state index contributed by atoms with van der Waals surface area (Å²) in [7, 11) is 0. The molecule has 12 rings (SSSR count). The number of aryl methyl sites for hydroxylation is 2. The number of hydrogen-bond donors (Lipinski definition) is 0. The molecule has 276 valence electrons. The summed E-state index contributed by atoms with van der Waals surface area (Å²) in [6.07, 6.45) is 13.4. The van der Waals surface area contributed by atoms with Crippen LogP contribution in [-0.4, -0.2) is 37.9 Å². The van der Waals surface area contributed by atoms with Crippen molar-refractivity contribution in [2.75, 3.05) is 0 Å². The maximum Gasteiger partial charge on any atom is 0.234 e. The van der Waals surface area contributed by atoms with E-state index in [1.165, 1.54) is 76.6 Å². The molecule has 6 heterocycles. The van der Waals surface area contributed by atoms with Crippen LogP contribution in [0.5, 0.6) is 0 Å². The second-order valence-electron chi connectivity index (χ2n) is 15.4. The molecule has 0 aliphatic carbocycles. The Morgan fingerprint density at radius 1 is 0.466 bits per heavy atom. The first kappa shape index (κ1) is 32.6. The first-order valence-corrected chi connectivity index (χ1v) is 19.6. The lowest BCUT2D eigenvalue weighted by molar-refractivity contribution is 1.04. The molecule has 0 radical (unpaired) electrons. The minimum atomic E-state index is 0.695. The molecule has 0 aliphatic heterocycles. The van der Waals surface area contributed by atoms with Gasteiger partial charge in [-0.15, -0.1) is 0 Å². The standard InChI is InChI=1S/C50H36N8/c1-29-31(3)57(35-18-14-33(15-19-35)41-27-55-25-23-51-26-43(55)53-41)48-39-12-7-5-10-37(39)47-45-30(2)32(4)58(49(45)40-13-8-6-11-38(40)46(47)44(29)48)36-20-16-34(17-21-36)42-28-56-24-9-22-52-50(56)54-42/h5-28H,1-4H3. The quantitative estimate of drug-likeness (QED) is 0.168. The molecule has 8 heteroatoms. The van der Waals surface area contributed by atoms with Crippen molar-refractivity contribution in [2.45, 2.75) is 27.7 Å². The fourth-order valence-corrected chi connectivity index (χ4v) is 9.50. The van der Waals surface area contributed by atoms with Crippen molar-refractivity contribution in [3.63, 3.8) is 0 Å². The molecule has 0 unspecified atom stereocenters. The number of aromatic nitrogens is 8. The maximum atomic E-state index is 4.83. The van der Waals surface area contributed by atoms with Crippen LogP contribution in [0.15, 0.2) is 147 Å². The molecule has 58 heavy (non-hydrogen) atoms. The van der Waals surface area contributed by atoms with Crippen molar-refractivity contribution in [2.24, 2.45) is 0 Å². The lowest BCUT2D eigenvalue weighted by Crippen LogP contribution is -1.98. The van der Waals surface area contributed by atoms with Gasteiger partial charge in [-0.2, -0.15) is 0 Å². The predicted octanol–water partition coefficient (Wildman–Crippen LogP) is 11.7. The lowest BCUT2D eigenvalue weighted by atomic mass is 9.89. The third-order valence-electron chi connectivity index (χ3n) is 12.4. The van der Waals surface area contributed by atoms with Crippen LogP contribution in [0.25, 0.3) is 99.4 Å². The van der Waals surface area contributed by atoms with Crippen LogP contribution < -0.4 is 0 Å². The fourth-order valence-electron chi connectivity index (χ4n) is 9.50. The Morgan fingerprint density at radius 2 is 0.983 bits per heavy atom. The van der Waals surface area contributed by atoms with Gasteiger partial charge in [0.1, 0.15) is 0 Å². The molecule has 0 fully saturated rings. The first-order chi connectivity index (χ1) is 28.4. The lowest BCUT2D eigenvalue weighted by Gasteiger charge is -2.17. The zero-order valence-corrected chi connectivity index (χ0v) is 32.4. The molecule has 12 aromatic rings. The van der Waals surface area contributed by atoms with Gasteiger partial charge >= 0.3 is 0 Å². The van der Waals surface area contributed by atoms with Crippen molar-refractivity contribution >= 4 is 65.5 Å². The van der Waals surface area contributed by atoms with Gasteiger partial charge in [0.2, 0.25) is 5.78 Å². The number of imidazole rings is 2. The van der Waals surface area contributed by atoms with Gasteiger partial charge in [-0.05, 0) is 79.9 Å². The summed E-state index contributed by atoms with van der Waals surface area (Å²) < 4.78 is 8.90. The van der Waals surface area contributed by atoms with Gasteiger partial charge in [0.05, 0.1) is 28.6 Å². The molecule has 0 aliphatic rings. The van der Waals surface area contributed by atoms with Gasteiger partial charge in [0.15, 0.2) is 5.65 Å². The topological polar surface area (TPSA) is 70.2 Å². The summed E-state index contributed by atoms with van der Waals surface area (Å²) in [5.41, 5.74) is 14.6. The van der Waals surface area contributed by atoms with Crippen LogP contribution in [0, 0.1) is 27.7 Å². The Kier molecular flexibility index (Phi) is 6.73. The largest absolute Gasteiger partial charge is 0.313 e. The normalized spacial score (nSPS) is 12.1. The summed E-state index contributed by atoms with van der Waals surface area (Å²) in [5, 5.41) is 10.2. The molecule has 0 saturated heterocycles. The third-order valence-corrected chi connectivity index (χ3v) is 12.4. The fraction of sp³-hybridized carbons (Fsp3) is 0.0800. The SMILES string of the molecule is Cc1c(C)n(-c2ccc(-c3cn4ccncc4n3)cc2)c2c3ccccc3c3c4c(C)c(C)n(-c5ccc(-c6cn7cccnc7n6)cc5)c4c4ccccc4c3c12. The Labute approximate surface area is 332 Å². The highest BCUT2D eigenvalue weighted by atomic mass is 15.1. The molecule has 0 N–H and O–H groups in total. The van der Waals surface area contributed by atoms with Gasteiger partial charge in [0, 0.05) is 103 Å². The average molecular weight is 749 g/mol. The molecule has 8 nitrogen and oxygen atoms in total. The summed E-state index contributed by atoms with van der Waals surface area (Å²) in [6, 6.07) is 37.5. The Balaban J connectivity index is 1.11. The highest BCUT2D eigenvalue weighted by Crippen LogP contribution is 2.49.